The molecule has 2 amide bonds. The van der Waals surface area contributed by atoms with Crippen molar-refractivity contribution in [2.45, 2.75) is 39.3 Å². The summed E-state index contributed by atoms with van der Waals surface area (Å²) in [5, 5.41) is 15.8. The highest BCUT2D eigenvalue weighted by molar-refractivity contribution is 7.12. The van der Waals surface area contributed by atoms with Crippen LogP contribution >= 0.6 is 11.3 Å². The molecule has 3 N–H and O–H groups in total. The van der Waals surface area contributed by atoms with Crippen LogP contribution in [-0.4, -0.2) is 35.0 Å². The molecular formula is C14H20N2O4S. The number of aliphatic carboxylic acids is 1. The van der Waals surface area contributed by atoms with Crippen molar-refractivity contribution < 1.29 is 19.5 Å². The Kier molecular flexibility index (Phi) is 6.36. The third-order valence-electron chi connectivity index (χ3n) is 2.85. The number of rotatable bonds is 7. The number of carboxylic acid groups (broad SMARTS) is 1. The fourth-order valence-electron chi connectivity index (χ4n) is 1.80. The average molecular weight is 312 g/mol. The molecular weight excluding hydrogens is 292 g/mol. The van der Waals surface area contributed by atoms with E-state index in [0.717, 1.165) is 0 Å². The molecule has 2 atom stereocenters. The van der Waals surface area contributed by atoms with Crippen molar-refractivity contribution in [3.05, 3.63) is 22.4 Å². The van der Waals surface area contributed by atoms with Crippen molar-refractivity contribution in [1.29, 1.82) is 0 Å². The SMILES string of the molecule is CC(CC(=O)O)NC(=O)C(NC(=O)c1cccs1)C(C)C. The van der Waals surface area contributed by atoms with Crippen LogP contribution in [0.15, 0.2) is 17.5 Å². The summed E-state index contributed by atoms with van der Waals surface area (Å²) in [6.45, 7) is 5.26. The van der Waals surface area contributed by atoms with Gasteiger partial charge in [0.15, 0.2) is 0 Å². The predicted molar refractivity (Wildman–Crippen MR) is 80.3 cm³/mol. The molecule has 21 heavy (non-hydrogen) atoms. The van der Waals surface area contributed by atoms with E-state index < -0.39 is 18.1 Å². The van der Waals surface area contributed by atoms with E-state index in [1.54, 1.807) is 24.4 Å². The van der Waals surface area contributed by atoms with Gasteiger partial charge in [0.2, 0.25) is 5.91 Å². The molecule has 0 bridgehead atoms. The van der Waals surface area contributed by atoms with Gasteiger partial charge in [0.05, 0.1) is 11.3 Å². The van der Waals surface area contributed by atoms with Crippen molar-refractivity contribution in [3.63, 3.8) is 0 Å². The Balaban J connectivity index is 2.66. The zero-order chi connectivity index (χ0) is 16.0. The zero-order valence-electron chi connectivity index (χ0n) is 12.3. The van der Waals surface area contributed by atoms with Gasteiger partial charge >= 0.3 is 5.97 Å². The molecule has 0 fully saturated rings. The first kappa shape index (κ1) is 17.2. The van der Waals surface area contributed by atoms with Crippen LogP contribution < -0.4 is 10.6 Å². The highest BCUT2D eigenvalue weighted by Gasteiger charge is 2.26. The van der Waals surface area contributed by atoms with E-state index in [1.165, 1.54) is 11.3 Å². The van der Waals surface area contributed by atoms with Crippen LogP contribution in [0.1, 0.15) is 36.9 Å². The molecule has 0 saturated carbocycles. The summed E-state index contributed by atoms with van der Waals surface area (Å²) in [6, 6.07) is 2.26. The number of hydrogen-bond donors (Lipinski definition) is 3. The molecule has 0 aliphatic heterocycles. The molecule has 0 saturated heterocycles. The second-order valence-electron chi connectivity index (χ2n) is 5.18. The zero-order valence-corrected chi connectivity index (χ0v) is 13.1. The summed E-state index contributed by atoms with van der Waals surface area (Å²) >= 11 is 1.30. The maximum atomic E-state index is 12.2. The number of carbonyl (C=O) groups excluding carboxylic acids is 2. The largest absolute Gasteiger partial charge is 0.481 e. The monoisotopic (exact) mass is 312 g/mol. The van der Waals surface area contributed by atoms with Gasteiger partial charge in [-0.15, -0.1) is 11.3 Å². The summed E-state index contributed by atoms with van der Waals surface area (Å²) in [5.74, 6) is -1.76. The number of thiophene rings is 1. The molecule has 1 rings (SSSR count). The third kappa shape index (κ3) is 5.55. The smallest absolute Gasteiger partial charge is 0.305 e. The first-order chi connectivity index (χ1) is 9.81. The number of hydrogen-bond acceptors (Lipinski definition) is 4. The normalized spacial score (nSPS) is 13.5. The molecule has 0 aliphatic rings. The van der Waals surface area contributed by atoms with Crippen LogP contribution in [0.5, 0.6) is 0 Å². The minimum atomic E-state index is -0.980. The Morgan fingerprint density at radius 1 is 1.24 bits per heavy atom. The number of amides is 2. The molecule has 1 aromatic rings. The van der Waals surface area contributed by atoms with Crippen LogP contribution in [0.3, 0.4) is 0 Å². The quantitative estimate of drug-likeness (QED) is 0.710. The summed E-state index contributed by atoms with van der Waals surface area (Å²) < 4.78 is 0. The van der Waals surface area contributed by atoms with E-state index in [-0.39, 0.29) is 24.2 Å². The lowest BCUT2D eigenvalue weighted by molar-refractivity contribution is -0.137. The first-order valence-electron chi connectivity index (χ1n) is 6.67. The van der Waals surface area contributed by atoms with E-state index in [1.807, 2.05) is 13.8 Å². The molecule has 6 nitrogen and oxygen atoms in total. The minimum absolute atomic E-state index is 0.106. The van der Waals surface area contributed by atoms with Gasteiger partial charge in [0, 0.05) is 6.04 Å². The van der Waals surface area contributed by atoms with Crippen molar-refractivity contribution >= 4 is 29.1 Å². The van der Waals surface area contributed by atoms with Crippen molar-refractivity contribution in [2.24, 2.45) is 5.92 Å². The van der Waals surface area contributed by atoms with Crippen LogP contribution in [0.25, 0.3) is 0 Å². The minimum Gasteiger partial charge on any atom is -0.481 e. The molecule has 1 heterocycles. The number of carbonyl (C=O) groups is 3. The Bertz CT molecular complexity index is 499. The lowest BCUT2D eigenvalue weighted by Gasteiger charge is -2.23. The van der Waals surface area contributed by atoms with Gasteiger partial charge in [-0.05, 0) is 24.3 Å². The number of nitrogens with one attached hydrogen (secondary N) is 2. The van der Waals surface area contributed by atoms with Gasteiger partial charge in [-0.1, -0.05) is 19.9 Å². The molecule has 116 valence electrons. The highest BCUT2D eigenvalue weighted by atomic mass is 32.1. The van der Waals surface area contributed by atoms with E-state index in [4.69, 9.17) is 5.11 Å². The standard InChI is InChI=1S/C14H20N2O4S/c1-8(2)12(14(20)15-9(3)7-11(17)18)16-13(19)10-5-4-6-21-10/h4-6,8-9,12H,7H2,1-3H3,(H,15,20)(H,16,19)(H,17,18). The fourth-order valence-corrected chi connectivity index (χ4v) is 2.43. The molecule has 0 radical (unpaired) electrons. The van der Waals surface area contributed by atoms with Crippen molar-refractivity contribution in [2.75, 3.05) is 0 Å². The summed E-state index contributed by atoms with van der Waals surface area (Å²) in [5.41, 5.74) is 0. The van der Waals surface area contributed by atoms with Gasteiger partial charge in [-0.3, -0.25) is 14.4 Å². The van der Waals surface area contributed by atoms with Gasteiger partial charge in [0.25, 0.3) is 5.91 Å². The topological polar surface area (TPSA) is 95.5 Å². The predicted octanol–water partition coefficient (Wildman–Crippen LogP) is 1.48. The van der Waals surface area contributed by atoms with E-state index in [9.17, 15) is 14.4 Å². The second-order valence-corrected chi connectivity index (χ2v) is 6.13. The number of carboxylic acids is 1. The molecule has 0 spiro atoms. The van der Waals surface area contributed by atoms with Crippen LogP contribution in [-0.2, 0) is 9.59 Å². The highest BCUT2D eigenvalue weighted by Crippen LogP contribution is 2.10. The molecule has 1 aromatic heterocycles. The lowest BCUT2D eigenvalue weighted by atomic mass is 10.0. The second kappa shape index (κ2) is 7.78. The Labute approximate surface area is 127 Å². The Hall–Kier alpha value is -1.89. The van der Waals surface area contributed by atoms with E-state index in [2.05, 4.69) is 10.6 Å². The summed E-state index contributed by atoms with van der Waals surface area (Å²) in [7, 11) is 0. The molecule has 2 unspecified atom stereocenters. The third-order valence-corrected chi connectivity index (χ3v) is 3.72. The van der Waals surface area contributed by atoms with Gasteiger partial charge < -0.3 is 15.7 Å². The molecule has 0 aromatic carbocycles. The van der Waals surface area contributed by atoms with Crippen molar-refractivity contribution in [3.8, 4) is 0 Å². The van der Waals surface area contributed by atoms with Crippen LogP contribution in [0.2, 0.25) is 0 Å². The first-order valence-corrected chi connectivity index (χ1v) is 7.55. The molecule has 7 heteroatoms. The fraction of sp³-hybridized carbons (Fsp3) is 0.500. The van der Waals surface area contributed by atoms with E-state index >= 15 is 0 Å². The summed E-state index contributed by atoms with van der Waals surface area (Å²) in [6.07, 6.45) is -0.157. The maximum absolute atomic E-state index is 12.2. The Morgan fingerprint density at radius 3 is 2.38 bits per heavy atom. The molecule has 0 aliphatic carbocycles. The van der Waals surface area contributed by atoms with Crippen LogP contribution in [0.4, 0.5) is 0 Å². The van der Waals surface area contributed by atoms with Gasteiger partial charge in [-0.2, -0.15) is 0 Å². The summed E-state index contributed by atoms with van der Waals surface area (Å²) in [4.78, 5) is 35.3. The van der Waals surface area contributed by atoms with E-state index in [0.29, 0.717) is 4.88 Å². The maximum Gasteiger partial charge on any atom is 0.305 e. The lowest BCUT2D eigenvalue weighted by Crippen LogP contribution is -2.51. The average Bonchev–Trinajstić information content (AvgIpc) is 2.87. The van der Waals surface area contributed by atoms with Crippen LogP contribution in [0, 0.1) is 5.92 Å². The Morgan fingerprint density at radius 2 is 1.90 bits per heavy atom. The van der Waals surface area contributed by atoms with Crippen molar-refractivity contribution in [1.82, 2.24) is 10.6 Å². The van der Waals surface area contributed by atoms with Gasteiger partial charge in [0.1, 0.15) is 6.04 Å². The van der Waals surface area contributed by atoms with Gasteiger partial charge in [-0.25, -0.2) is 0 Å².